The van der Waals surface area contributed by atoms with Crippen molar-refractivity contribution in [2.75, 3.05) is 6.61 Å². The summed E-state index contributed by atoms with van der Waals surface area (Å²) < 4.78 is 10.9. The van der Waals surface area contributed by atoms with Crippen molar-refractivity contribution in [3.8, 4) is 0 Å². The lowest BCUT2D eigenvalue weighted by Crippen LogP contribution is -2.24. The fraction of sp³-hybridized carbons (Fsp3) is 0.789. The largest absolute Gasteiger partial charge is 0.466 e. The van der Waals surface area contributed by atoms with E-state index in [2.05, 4.69) is 38.2 Å². The number of ether oxygens (including phenoxy) is 2. The van der Waals surface area contributed by atoms with E-state index in [0.717, 1.165) is 44.9 Å². The van der Waals surface area contributed by atoms with Crippen molar-refractivity contribution in [1.82, 2.24) is 0 Å². The van der Waals surface area contributed by atoms with Crippen LogP contribution in [0.4, 0.5) is 0 Å². The molecule has 0 aromatic heterocycles. The van der Waals surface area contributed by atoms with Gasteiger partial charge >= 0.3 is 11.9 Å². The van der Waals surface area contributed by atoms with Gasteiger partial charge in [-0.25, -0.2) is 0 Å². The fourth-order valence-corrected chi connectivity index (χ4v) is 5.97. The Balaban J connectivity index is 2.18. The number of carbonyl (C=O) groups is 2. The quantitative estimate of drug-likeness (QED) is 0.0541. The van der Waals surface area contributed by atoms with Crippen molar-refractivity contribution >= 4 is 11.9 Å². The lowest BCUT2D eigenvalue weighted by Gasteiger charge is -2.22. The molecule has 2 N–H and O–H groups in total. The summed E-state index contributed by atoms with van der Waals surface area (Å²) in [5.41, 5.74) is 0. The van der Waals surface area contributed by atoms with Gasteiger partial charge in [0.15, 0.2) is 0 Å². The number of aliphatic hydroxyl groups is 2. The number of hydrogen-bond acceptors (Lipinski definition) is 6. The highest BCUT2D eigenvalue weighted by Gasteiger charge is 2.42. The van der Waals surface area contributed by atoms with Crippen LogP contribution < -0.4 is 0 Å². The van der Waals surface area contributed by atoms with Crippen LogP contribution in [-0.4, -0.2) is 47.1 Å². The zero-order chi connectivity index (χ0) is 32.3. The normalized spacial score (nSPS) is 21.1. The van der Waals surface area contributed by atoms with Gasteiger partial charge in [-0.05, 0) is 63.7 Å². The predicted octanol–water partition coefficient (Wildman–Crippen LogP) is 9.33. The van der Waals surface area contributed by atoms with E-state index >= 15 is 0 Å². The molecule has 6 heteroatoms. The van der Waals surface area contributed by atoms with Gasteiger partial charge in [0.1, 0.15) is 6.10 Å². The lowest BCUT2D eigenvalue weighted by atomic mass is 9.89. The summed E-state index contributed by atoms with van der Waals surface area (Å²) in [6.07, 6.45) is 32.7. The van der Waals surface area contributed by atoms with E-state index in [0.29, 0.717) is 32.3 Å². The Labute approximate surface area is 269 Å². The summed E-state index contributed by atoms with van der Waals surface area (Å²) in [6.45, 7) is 6.29. The molecular formula is C38H66O6. The van der Waals surface area contributed by atoms with Crippen molar-refractivity contribution in [2.45, 2.75) is 174 Å². The highest BCUT2D eigenvalue weighted by Crippen LogP contribution is 2.38. The van der Waals surface area contributed by atoms with Crippen molar-refractivity contribution < 1.29 is 29.3 Å². The molecule has 1 fully saturated rings. The first kappa shape index (κ1) is 40.1. The molecule has 0 saturated heterocycles. The van der Waals surface area contributed by atoms with Gasteiger partial charge in [-0.3, -0.25) is 9.59 Å². The van der Waals surface area contributed by atoms with Crippen molar-refractivity contribution in [1.29, 1.82) is 0 Å². The van der Waals surface area contributed by atoms with E-state index < -0.39 is 12.2 Å². The standard InChI is InChI=1S/C38H66O6/c1-4-6-8-9-10-11-12-13-14-15-16-17-20-24-30-43-38(42)27-23-19-18-22-26-34-35(29-28-33(40)25-21-7-5-2)37(31-36(34)41)44-32(3)39/h11-12,18,22,28-29,33-37,40-41H,4-10,13-17,19-21,23-27,30-31H2,1-3H3/b12-11+,22-18-,29-28+/t33-,34+,35+,36-,37+/m0/s1. The smallest absolute Gasteiger partial charge is 0.305 e. The second kappa shape index (κ2) is 27.4. The zero-order valence-electron chi connectivity index (χ0n) is 28.4. The van der Waals surface area contributed by atoms with E-state index in [-0.39, 0.29) is 29.9 Å². The summed E-state index contributed by atoms with van der Waals surface area (Å²) in [5, 5.41) is 21.0. The minimum absolute atomic E-state index is 0.0819. The van der Waals surface area contributed by atoms with Gasteiger partial charge in [0.25, 0.3) is 0 Å². The number of esters is 2. The number of unbranched alkanes of at least 4 members (excludes halogenated alkanes) is 13. The summed E-state index contributed by atoms with van der Waals surface area (Å²) in [7, 11) is 0. The van der Waals surface area contributed by atoms with Gasteiger partial charge in [-0.15, -0.1) is 0 Å². The number of aliphatic hydroxyl groups excluding tert-OH is 2. The first-order valence-electron chi connectivity index (χ1n) is 18.1. The second-order valence-corrected chi connectivity index (χ2v) is 12.7. The average molecular weight is 619 g/mol. The number of rotatable bonds is 27. The molecule has 0 aliphatic heterocycles. The van der Waals surface area contributed by atoms with Gasteiger partial charge in [-0.2, -0.15) is 0 Å². The maximum atomic E-state index is 12.1. The third-order valence-corrected chi connectivity index (χ3v) is 8.61. The van der Waals surface area contributed by atoms with Crippen LogP contribution in [0.15, 0.2) is 36.5 Å². The molecule has 6 nitrogen and oxygen atoms in total. The maximum Gasteiger partial charge on any atom is 0.305 e. The van der Waals surface area contributed by atoms with E-state index in [4.69, 9.17) is 9.47 Å². The number of carbonyl (C=O) groups excluding carboxylic acids is 2. The van der Waals surface area contributed by atoms with E-state index in [1.54, 1.807) is 6.08 Å². The molecule has 0 radical (unpaired) electrons. The summed E-state index contributed by atoms with van der Waals surface area (Å²) in [5.74, 6) is -0.699. The van der Waals surface area contributed by atoms with Crippen LogP contribution >= 0.6 is 0 Å². The first-order valence-corrected chi connectivity index (χ1v) is 18.1. The zero-order valence-corrected chi connectivity index (χ0v) is 28.4. The Morgan fingerprint density at radius 2 is 1.39 bits per heavy atom. The molecule has 5 atom stereocenters. The highest BCUT2D eigenvalue weighted by molar-refractivity contribution is 5.69. The third kappa shape index (κ3) is 20.9. The van der Waals surface area contributed by atoms with Crippen LogP contribution in [0.25, 0.3) is 0 Å². The highest BCUT2D eigenvalue weighted by atomic mass is 16.5. The monoisotopic (exact) mass is 618 g/mol. The number of hydrogen-bond donors (Lipinski definition) is 2. The molecule has 1 rings (SSSR count). The molecule has 0 bridgehead atoms. The Hall–Kier alpha value is -1.92. The third-order valence-electron chi connectivity index (χ3n) is 8.61. The topological polar surface area (TPSA) is 93.1 Å². The molecule has 254 valence electrons. The molecule has 0 aromatic rings. The molecule has 44 heavy (non-hydrogen) atoms. The van der Waals surface area contributed by atoms with Crippen molar-refractivity contribution in [3.05, 3.63) is 36.5 Å². The lowest BCUT2D eigenvalue weighted by molar-refractivity contribution is -0.147. The Morgan fingerprint density at radius 1 is 0.795 bits per heavy atom. The molecule has 0 heterocycles. The van der Waals surface area contributed by atoms with E-state index in [9.17, 15) is 19.8 Å². The van der Waals surface area contributed by atoms with Crippen molar-refractivity contribution in [3.63, 3.8) is 0 Å². The molecule has 0 aromatic carbocycles. The Morgan fingerprint density at radius 3 is 2.07 bits per heavy atom. The predicted molar refractivity (Wildman–Crippen MR) is 181 cm³/mol. The Bertz CT molecular complexity index is 803. The summed E-state index contributed by atoms with van der Waals surface area (Å²) in [4.78, 5) is 23.7. The molecule has 1 saturated carbocycles. The minimum atomic E-state index is -0.571. The van der Waals surface area contributed by atoms with E-state index in [1.165, 1.54) is 71.1 Å². The molecule has 0 unspecified atom stereocenters. The van der Waals surface area contributed by atoms with Gasteiger partial charge in [0.05, 0.1) is 18.8 Å². The summed E-state index contributed by atoms with van der Waals surface area (Å²) in [6, 6.07) is 0. The maximum absolute atomic E-state index is 12.1. The van der Waals surface area contributed by atoms with Crippen LogP contribution in [-0.2, 0) is 19.1 Å². The van der Waals surface area contributed by atoms with Crippen LogP contribution in [0, 0.1) is 11.8 Å². The molecule has 0 amide bonds. The molecule has 1 aliphatic carbocycles. The van der Waals surface area contributed by atoms with Crippen LogP contribution in [0.3, 0.4) is 0 Å². The minimum Gasteiger partial charge on any atom is -0.466 e. The first-order chi connectivity index (χ1) is 21.4. The van der Waals surface area contributed by atoms with Gasteiger partial charge in [0.2, 0.25) is 0 Å². The molecular weight excluding hydrogens is 552 g/mol. The Kier molecular flexibility index (Phi) is 25.0. The van der Waals surface area contributed by atoms with Crippen LogP contribution in [0.2, 0.25) is 0 Å². The average Bonchev–Trinajstić information content (AvgIpc) is 3.28. The SMILES string of the molecule is CCCCCC/C=C/CCCCCCCCOC(=O)CCC/C=C\C[C@@H]1[C@@H](/C=C/[C@@H](O)CCCCC)[C@H](OC(C)=O)C[C@@H]1O. The molecule has 1 aliphatic rings. The number of allylic oxidation sites excluding steroid dienone is 4. The van der Waals surface area contributed by atoms with Crippen molar-refractivity contribution in [2.24, 2.45) is 11.8 Å². The van der Waals surface area contributed by atoms with Gasteiger partial charge < -0.3 is 19.7 Å². The van der Waals surface area contributed by atoms with Gasteiger partial charge in [-0.1, -0.05) is 115 Å². The van der Waals surface area contributed by atoms with Crippen LogP contribution in [0.1, 0.15) is 156 Å². The molecule has 0 spiro atoms. The van der Waals surface area contributed by atoms with Gasteiger partial charge in [0, 0.05) is 25.7 Å². The fourth-order valence-electron chi connectivity index (χ4n) is 5.97. The summed E-state index contributed by atoms with van der Waals surface area (Å²) >= 11 is 0. The van der Waals surface area contributed by atoms with E-state index in [1.807, 2.05) is 6.08 Å². The van der Waals surface area contributed by atoms with Crippen LogP contribution in [0.5, 0.6) is 0 Å². The second-order valence-electron chi connectivity index (χ2n) is 12.7.